The maximum atomic E-state index is 11.4. The first kappa shape index (κ1) is 11.1. The fraction of sp³-hybridized carbons (Fsp3) is 0.500. The van der Waals surface area contributed by atoms with Crippen LogP contribution in [0.2, 0.25) is 0 Å². The third-order valence-electron chi connectivity index (χ3n) is 2.84. The molecule has 1 unspecified atom stereocenters. The Labute approximate surface area is 96.7 Å². The van der Waals surface area contributed by atoms with Gasteiger partial charge in [-0.1, -0.05) is 0 Å². The van der Waals surface area contributed by atoms with Gasteiger partial charge in [0.05, 0.1) is 0 Å². The average Bonchev–Trinajstić information content (AvgIpc) is 2.93. The van der Waals surface area contributed by atoms with Gasteiger partial charge in [-0.05, 0) is 19.8 Å². The standard InChI is InChI=1S/C10H12N2O3S/c1-10(9(14)15,8-11-4-5-16-8)12(6-13)7-2-3-7/h4-7H,2-3H2,1H3,(H,14,15). The third-order valence-corrected chi connectivity index (χ3v) is 3.82. The van der Waals surface area contributed by atoms with Gasteiger partial charge in [0.2, 0.25) is 6.41 Å². The van der Waals surface area contributed by atoms with Crippen LogP contribution in [0.1, 0.15) is 24.8 Å². The Morgan fingerprint density at radius 2 is 2.44 bits per heavy atom. The molecule has 0 spiro atoms. The van der Waals surface area contributed by atoms with Crippen molar-refractivity contribution in [1.29, 1.82) is 0 Å². The second kappa shape index (κ2) is 3.86. The highest BCUT2D eigenvalue weighted by Crippen LogP contribution is 2.38. The van der Waals surface area contributed by atoms with Crippen molar-refractivity contribution in [2.45, 2.75) is 31.3 Å². The fourth-order valence-corrected chi connectivity index (χ4v) is 2.48. The van der Waals surface area contributed by atoms with Crippen LogP contribution in [-0.2, 0) is 15.1 Å². The lowest BCUT2D eigenvalue weighted by Crippen LogP contribution is -2.50. The summed E-state index contributed by atoms with van der Waals surface area (Å²) in [5, 5.41) is 11.5. The van der Waals surface area contributed by atoms with Crippen molar-refractivity contribution in [3.63, 3.8) is 0 Å². The summed E-state index contributed by atoms with van der Waals surface area (Å²) in [5.41, 5.74) is -1.34. The summed E-state index contributed by atoms with van der Waals surface area (Å²) >= 11 is 1.25. The van der Waals surface area contributed by atoms with E-state index < -0.39 is 11.5 Å². The number of carbonyl (C=O) groups is 2. The Bertz CT molecular complexity index is 402. The van der Waals surface area contributed by atoms with E-state index in [1.165, 1.54) is 23.2 Å². The molecule has 0 aromatic carbocycles. The van der Waals surface area contributed by atoms with Gasteiger partial charge in [-0.25, -0.2) is 9.78 Å². The molecule has 0 bridgehead atoms. The zero-order valence-corrected chi connectivity index (χ0v) is 9.61. The van der Waals surface area contributed by atoms with Crippen molar-refractivity contribution in [3.05, 3.63) is 16.6 Å². The minimum absolute atomic E-state index is 0.0440. The van der Waals surface area contributed by atoms with Crippen molar-refractivity contribution in [2.75, 3.05) is 0 Å². The Morgan fingerprint density at radius 3 is 2.81 bits per heavy atom. The zero-order valence-electron chi connectivity index (χ0n) is 8.79. The van der Waals surface area contributed by atoms with E-state index in [2.05, 4.69) is 4.98 Å². The molecule has 1 atom stereocenters. The van der Waals surface area contributed by atoms with Gasteiger partial charge in [-0.15, -0.1) is 11.3 Å². The van der Waals surface area contributed by atoms with Gasteiger partial charge in [0.1, 0.15) is 5.01 Å². The van der Waals surface area contributed by atoms with Crippen molar-refractivity contribution >= 4 is 23.7 Å². The van der Waals surface area contributed by atoms with Crippen LogP contribution in [0.15, 0.2) is 11.6 Å². The molecule has 2 rings (SSSR count). The van der Waals surface area contributed by atoms with E-state index >= 15 is 0 Å². The van der Waals surface area contributed by atoms with Crippen LogP contribution in [0.4, 0.5) is 0 Å². The quantitative estimate of drug-likeness (QED) is 0.781. The van der Waals surface area contributed by atoms with Gasteiger partial charge in [-0.2, -0.15) is 0 Å². The second-order valence-corrected chi connectivity index (χ2v) is 4.85. The van der Waals surface area contributed by atoms with Crippen molar-refractivity contribution in [1.82, 2.24) is 9.88 Å². The number of aromatic nitrogens is 1. The average molecular weight is 240 g/mol. The number of hydrogen-bond donors (Lipinski definition) is 1. The molecule has 6 heteroatoms. The van der Waals surface area contributed by atoms with Crippen molar-refractivity contribution < 1.29 is 14.7 Å². The summed E-state index contributed by atoms with van der Waals surface area (Å²) in [5.74, 6) is -1.04. The third kappa shape index (κ3) is 1.59. The molecule has 0 saturated heterocycles. The predicted molar refractivity (Wildman–Crippen MR) is 58.0 cm³/mol. The SMILES string of the molecule is CC(C(=O)O)(c1nccs1)N(C=O)C1CC1. The van der Waals surface area contributed by atoms with Gasteiger partial charge in [-0.3, -0.25) is 4.79 Å². The molecule has 0 radical (unpaired) electrons. The molecule has 1 heterocycles. The Kier molecular flexibility index (Phi) is 2.67. The molecule has 1 aliphatic rings. The molecule has 5 nitrogen and oxygen atoms in total. The molecule has 1 saturated carbocycles. The summed E-state index contributed by atoms with van der Waals surface area (Å²) in [6, 6.07) is 0.0440. The molecule has 16 heavy (non-hydrogen) atoms. The predicted octanol–water partition coefficient (Wildman–Crippen LogP) is 1.06. The zero-order chi connectivity index (χ0) is 11.8. The van der Waals surface area contributed by atoms with E-state index in [4.69, 9.17) is 0 Å². The summed E-state index contributed by atoms with van der Waals surface area (Å²) in [7, 11) is 0. The fourth-order valence-electron chi connectivity index (χ4n) is 1.69. The van der Waals surface area contributed by atoms with Crippen LogP contribution in [0.5, 0.6) is 0 Å². The molecule has 0 aliphatic heterocycles. The van der Waals surface area contributed by atoms with Gasteiger partial charge in [0.25, 0.3) is 0 Å². The van der Waals surface area contributed by atoms with Crippen molar-refractivity contribution in [3.8, 4) is 0 Å². The molecule has 1 fully saturated rings. The van der Waals surface area contributed by atoms with Crippen LogP contribution >= 0.6 is 11.3 Å². The van der Waals surface area contributed by atoms with Crippen LogP contribution in [0, 0.1) is 0 Å². The molecule has 1 aromatic heterocycles. The van der Waals surface area contributed by atoms with Crippen molar-refractivity contribution in [2.24, 2.45) is 0 Å². The smallest absolute Gasteiger partial charge is 0.336 e. The maximum Gasteiger partial charge on any atom is 0.336 e. The van der Waals surface area contributed by atoms with Gasteiger partial charge in [0, 0.05) is 17.6 Å². The monoisotopic (exact) mass is 240 g/mol. The first-order valence-corrected chi connectivity index (χ1v) is 5.85. The molecule has 86 valence electrons. The second-order valence-electron chi connectivity index (χ2n) is 3.96. The normalized spacial score (nSPS) is 18.8. The van der Waals surface area contributed by atoms with Gasteiger partial charge < -0.3 is 10.0 Å². The lowest BCUT2D eigenvalue weighted by Gasteiger charge is -2.33. The number of nitrogens with zero attached hydrogens (tertiary/aromatic N) is 2. The number of thiazole rings is 1. The lowest BCUT2D eigenvalue weighted by molar-refractivity contribution is -0.155. The maximum absolute atomic E-state index is 11.4. The number of hydrogen-bond acceptors (Lipinski definition) is 4. The molecule has 1 aromatic rings. The molecular weight excluding hydrogens is 228 g/mol. The Balaban J connectivity index is 2.41. The van der Waals surface area contributed by atoms with Crippen LogP contribution in [0.25, 0.3) is 0 Å². The highest BCUT2D eigenvalue weighted by Gasteiger charge is 2.49. The van der Waals surface area contributed by atoms with E-state index in [0.29, 0.717) is 11.4 Å². The topological polar surface area (TPSA) is 70.5 Å². The molecular formula is C10H12N2O3S. The Hall–Kier alpha value is -1.43. The molecule has 1 amide bonds. The Morgan fingerprint density at radius 1 is 1.75 bits per heavy atom. The summed E-state index contributed by atoms with van der Waals surface area (Å²) < 4.78 is 0. The minimum Gasteiger partial charge on any atom is -0.479 e. The molecule has 1 N–H and O–H groups in total. The number of carboxylic acids is 1. The lowest BCUT2D eigenvalue weighted by atomic mass is 10.0. The van der Waals surface area contributed by atoms with Gasteiger partial charge >= 0.3 is 5.97 Å². The van der Waals surface area contributed by atoms with Gasteiger partial charge in [0.15, 0.2) is 5.54 Å². The number of carboxylic acid groups (broad SMARTS) is 1. The van der Waals surface area contributed by atoms with E-state index in [1.54, 1.807) is 11.6 Å². The van der Waals surface area contributed by atoms with Crippen LogP contribution in [-0.4, -0.2) is 33.4 Å². The first-order chi connectivity index (χ1) is 7.60. The van der Waals surface area contributed by atoms with Crippen LogP contribution in [0.3, 0.4) is 0 Å². The summed E-state index contributed by atoms with van der Waals surface area (Å²) in [6.07, 6.45) is 3.91. The van der Waals surface area contributed by atoms with E-state index in [1.807, 2.05) is 0 Å². The van der Waals surface area contributed by atoms with E-state index in [0.717, 1.165) is 12.8 Å². The highest BCUT2D eigenvalue weighted by atomic mass is 32.1. The number of rotatable bonds is 5. The minimum atomic E-state index is -1.34. The van der Waals surface area contributed by atoms with Crippen LogP contribution < -0.4 is 0 Å². The number of amides is 1. The first-order valence-electron chi connectivity index (χ1n) is 4.97. The summed E-state index contributed by atoms with van der Waals surface area (Å²) in [6.45, 7) is 1.53. The number of carbonyl (C=O) groups excluding carboxylic acids is 1. The summed E-state index contributed by atoms with van der Waals surface area (Å²) in [4.78, 5) is 27.9. The largest absolute Gasteiger partial charge is 0.479 e. The molecule has 1 aliphatic carbocycles. The van der Waals surface area contributed by atoms with E-state index in [9.17, 15) is 14.7 Å². The van der Waals surface area contributed by atoms with E-state index in [-0.39, 0.29) is 6.04 Å². The highest BCUT2D eigenvalue weighted by molar-refractivity contribution is 7.09. The number of aliphatic carboxylic acids is 1.